The first-order valence-corrected chi connectivity index (χ1v) is 6.70. The van der Waals surface area contributed by atoms with Crippen LogP contribution in [0.5, 0.6) is 5.75 Å². The first-order valence-electron chi connectivity index (χ1n) is 5.88. The highest BCUT2D eigenvalue weighted by Crippen LogP contribution is 2.31. The number of ether oxygens (including phenoxy) is 1. The molecule has 0 bridgehead atoms. The van der Waals surface area contributed by atoms with E-state index in [1.165, 1.54) is 0 Å². The van der Waals surface area contributed by atoms with Gasteiger partial charge in [-0.2, -0.15) is 0 Å². The minimum Gasteiger partial charge on any atom is -0.492 e. The molecule has 0 aliphatic carbocycles. The molecule has 0 radical (unpaired) electrons. The van der Waals surface area contributed by atoms with Gasteiger partial charge in [0, 0.05) is 15.5 Å². The molecular weight excluding hydrogens is 244 g/mol. The van der Waals surface area contributed by atoms with Crippen LogP contribution in [0.15, 0.2) is 47.3 Å². The lowest BCUT2D eigenvalue weighted by molar-refractivity contribution is 0.345. The summed E-state index contributed by atoms with van der Waals surface area (Å²) < 4.78 is 7.53. The predicted octanol–water partition coefficient (Wildman–Crippen LogP) is 3.81. The van der Waals surface area contributed by atoms with Gasteiger partial charge in [-0.3, -0.25) is 4.79 Å². The number of fused-ring (bicyclic) bond motifs is 2. The number of hydrogen-bond acceptors (Lipinski definition) is 3. The highest BCUT2D eigenvalue weighted by molar-refractivity contribution is 7.24. The molecule has 3 rings (SSSR count). The van der Waals surface area contributed by atoms with Crippen LogP contribution >= 0.6 is 11.3 Å². The van der Waals surface area contributed by atoms with Crippen molar-refractivity contribution < 1.29 is 4.74 Å². The van der Waals surface area contributed by atoms with E-state index in [1.54, 1.807) is 11.3 Å². The number of benzene rings is 2. The molecule has 0 N–H and O–H groups in total. The molecular formula is C15H12O2S. The van der Waals surface area contributed by atoms with Gasteiger partial charge in [0.25, 0.3) is 0 Å². The van der Waals surface area contributed by atoms with Gasteiger partial charge in [-0.05, 0) is 31.2 Å². The third kappa shape index (κ3) is 1.68. The van der Waals surface area contributed by atoms with Crippen molar-refractivity contribution in [2.75, 3.05) is 6.61 Å². The zero-order valence-corrected chi connectivity index (χ0v) is 10.8. The van der Waals surface area contributed by atoms with Crippen LogP contribution in [0.1, 0.15) is 6.92 Å². The van der Waals surface area contributed by atoms with Gasteiger partial charge in [-0.1, -0.05) is 18.2 Å². The molecule has 18 heavy (non-hydrogen) atoms. The minimum atomic E-state index is 0.0842. The van der Waals surface area contributed by atoms with Crippen LogP contribution in [0.4, 0.5) is 0 Å². The Bertz CT molecular complexity index is 774. The molecule has 1 heterocycles. The molecule has 0 aliphatic heterocycles. The summed E-state index contributed by atoms with van der Waals surface area (Å²) in [6.45, 7) is 2.55. The molecule has 90 valence electrons. The van der Waals surface area contributed by atoms with Gasteiger partial charge in [0.2, 0.25) is 0 Å². The second-order valence-corrected chi connectivity index (χ2v) is 5.05. The fourth-order valence-corrected chi connectivity index (χ4v) is 3.20. The van der Waals surface area contributed by atoms with E-state index in [0.717, 1.165) is 25.9 Å². The Morgan fingerprint density at radius 2 is 1.83 bits per heavy atom. The molecule has 0 spiro atoms. The van der Waals surface area contributed by atoms with Gasteiger partial charge >= 0.3 is 0 Å². The monoisotopic (exact) mass is 256 g/mol. The maximum atomic E-state index is 12.4. The summed E-state index contributed by atoms with van der Waals surface area (Å²) in [6, 6.07) is 13.3. The quantitative estimate of drug-likeness (QED) is 0.652. The van der Waals surface area contributed by atoms with Crippen LogP contribution in [0.2, 0.25) is 0 Å². The predicted molar refractivity (Wildman–Crippen MR) is 76.8 cm³/mol. The Hall–Kier alpha value is -1.87. The third-order valence-corrected chi connectivity index (χ3v) is 4.07. The minimum absolute atomic E-state index is 0.0842. The van der Waals surface area contributed by atoms with Crippen molar-refractivity contribution in [2.24, 2.45) is 0 Å². The average molecular weight is 256 g/mol. The average Bonchev–Trinajstić information content (AvgIpc) is 2.40. The highest BCUT2D eigenvalue weighted by Gasteiger charge is 2.09. The molecule has 2 aromatic carbocycles. The summed E-state index contributed by atoms with van der Waals surface area (Å²) in [7, 11) is 0. The van der Waals surface area contributed by atoms with Crippen LogP contribution in [0, 0.1) is 0 Å². The molecule has 0 amide bonds. The van der Waals surface area contributed by atoms with Crippen LogP contribution in [0.25, 0.3) is 20.2 Å². The highest BCUT2D eigenvalue weighted by atomic mass is 32.1. The van der Waals surface area contributed by atoms with Crippen molar-refractivity contribution in [3.63, 3.8) is 0 Å². The lowest BCUT2D eigenvalue weighted by Gasteiger charge is -2.07. The van der Waals surface area contributed by atoms with Crippen molar-refractivity contribution in [3.05, 3.63) is 52.7 Å². The standard InChI is InChI=1S/C15H12O2S/c1-2-17-12-8-5-7-11-14(16)10-6-3-4-9-13(10)18-15(11)12/h3-9H,2H2,1H3. The molecule has 0 saturated carbocycles. The van der Waals surface area contributed by atoms with Crippen LogP contribution in [-0.2, 0) is 0 Å². The largest absolute Gasteiger partial charge is 0.492 e. The molecule has 0 unspecified atom stereocenters. The second kappa shape index (κ2) is 4.42. The molecule has 0 atom stereocenters. The molecule has 0 aliphatic rings. The summed E-state index contributed by atoms with van der Waals surface area (Å²) in [6.07, 6.45) is 0. The third-order valence-electron chi connectivity index (χ3n) is 2.87. The molecule has 2 nitrogen and oxygen atoms in total. The van der Waals surface area contributed by atoms with Gasteiger partial charge in [-0.15, -0.1) is 11.3 Å². The van der Waals surface area contributed by atoms with Crippen molar-refractivity contribution in [3.8, 4) is 5.75 Å². The van der Waals surface area contributed by atoms with E-state index in [2.05, 4.69) is 0 Å². The van der Waals surface area contributed by atoms with Gasteiger partial charge in [0.05, 0.1) is 11.3 Å². The van der Waals surface area contributed by atoms with Crippen molar-refractivity contribution in [1.82, 2.24) is 0 Å². The van der Waals surface area contributed by atoms with E-state index in [-0.39, 0.29) is 5.43 Å². The SMILES string of the molecule is CCOc1cccc2c(=O)c3ccccc3sc12. The topological polar surface area (TPSA) is 26.3 Å². The maximum Gasteiger partial charge on any atom is 0.196 e. The van der Waals surface area contributed by atoms with Gasteiger partial charge < -0.3 is 4.74 Å². The smallest absolute Gasteiger partial charge is 0.196 e. The summed E-state index contributed by atoms with van der Waals surface area (Å²) in [4.78, 5) is 12.4. The van der Waals surface area contributed by atoms with Gasteiger partial charge in [-0.25, -0.2) is 0 Å². The van der Waals surface area contributed by atoms with Gasteiger partial charge in [0.15, 0.2) is 5.43 Å². The Kier molecular flexibility index (Phi) is 2.76. The van der Waals surface area contributed by atoms with E-state index in [1.807, 2.05) is 49.4 Å². The Labute approximate surface area is 108 Å². The summed E-state index contributed by atoms with van der Waals surface area (Å²) in [5.74, 6) is 0.794. The first-order chi connectivity index (χ1) is 8.81. The Morgan fingerprint density at radius 1 is 1.06 bits per heavy atom. The second-order valence-electron chi connectivity index (χ2n) is 3.99. The zero-order chi connectivity index (χ0) is 12.5. The summed E-state index contributed by atoms with van der Waals surface area (Å²) in [5.41, 5.74) is 0.0842. The van der Waals surface area contributed by atoms with Crippen LogP contribution < -0.4 is 10.2 Å². The zero-order valence-electron chi connectivity index (χ0n) is 9.97. The van der Waals surface area contributed by atoms with Crippen molar-refractivity contribution >= 4 is 31.5 Å². The number of hydrogen-bond donors (Lipinski definition) is 0. The lowest BCUT2D eigenvalue weighted by Crippen LogP contribution is -2.02. The molecule has 0 fully saturated rings. The Morgan fingerprint density at radius 3 is 2.67 bits per heavy atom. The molecule has 0 saturated heterocycles. The molecule has 3 aromatic rings. The van der Waals surface area contributed by atoms with Gasteiger partial charge in [0.1, 0.15) is 5.75 Å². The number of rotatable bonds is 2. The Balaban J connectivity index is 2.47. The van der Waals surface area contributed by atoms with E-state index in [9.17, 15) is 4.79 Å². The van der Waals surface area contributed by atoms with Crippen molar-refractivity contribution in [1.29, 1.82) is 0 Å². The van der Waals surface area contributed by atoms with E-state index < -0.39 is 0 Å². The summed E-state index contributed by atoms with van der Waals surface area (Å²) in [5, 5.41) is 1.52. The fraction of sp³-hybridized carbons (Fsp3) is 0.133. The normalized spacial score (nSPS) is 10.9. The van der Waals surface area contributed by atoms with Crippen LogP contribution in [0.3, 0.4) is 0 Å². The molecule has 3 heteroatoms. The van der Waals surface area contributed by atoms with Crippen LogP contribution in [-0.4, -0.2) is 6.61 Å². The first kappa shape index (κ1) is 11.2. The van der Waals surface area contributed by atoms with E-state index >= 15 is 0 Å². The summed E-state index contributed by atoms with van der Waals surface area (Å²) >= 11 is 1.61. The fourth-order valence-electron chi connectivity index (χ4n) is 2.07. The lowest BCUT2D eigenvalue weighted by atomic mass is 10.2. The maximum absolute atomic E-state index is 12.4. The van der Waals surface area contributed by atoms with E-state index in [4.69, 9.17) is 4.74 Å². The molecule has 1 aromatic heterocycles. The van der Waals surface area contributed by atoms with Crippen molar-refractivity contribution in [2.45, 2.75) is 6.92 Å². The van der Waals surface area contributed by atoms with E-state index in [0.29, 0.717) is 6.61 Å².